The first-order valence-corrected chi connectivity index (χ1v) is 10.4. The maximum Gasteiger partial charge on any atom is 0.321 e. The highest BCUT2D eigenvalue weighted by molar-refractivity contribution is 6.30. The molecular weight excluding hydrogens is 372 g/mol. The quantitative estimate of drug-likeness (QED) is 0.843. The van der Waals surface area contributed by atoms with E-state index in [2.05, 4.69) is 45.4 Å². The van der Waals surface area contributed by atoms with Crippen LogP contribution in [0.1, 0.15) is 12.8 Å². The number of amides is 2. The Morgan fingerprint density at radius 3 is 2.36 bits per heavy atom. The maximum atomic E-state index is 12.7. The third-order valence-electron chi connectivity index (χ3n) is 5.73. The van der Waals surface area contributed by atoms with Gasteiger partial charge in [0, 0.05) is 61.7 Å². The third kappa shape index (κ3) is 4.59. The first kappa shape index (κ1) is 19.1. The van der Waals surface area contributed by atoms with E-state index in [4.69, 9.17) is 11.6 Å². The van der Waals surface area contributed by atoms with E-state index in [9.17, 15) is 4.79 Å². The second kappa shape index (κ2) is 8.84. The minimum absolute atomic E-state index is 0.0186. The highest BCUT2D eigenvalue weighted by Crippen LogP contribution is 2.22. The van der Waals surface area contributed by atoms with Crippen LogP contribution in [0.15, 0.2) is 54.6 Å². The molecule has 2 heterocycles. The molecule has 0 aliphatic carbocycles. The molecule has 0 radical (unpaired) electrons. The molecule has 0 spiro atoms. The second-order valence-electron chi connectivity index (χ2n) is 7.54. The number of piperazine rings is 1. The van der Waals surface area contributed by atoms with Gasteiger partial charge in [0.05, 0.1) is 0 Å². The standard InChI is InChI=1S/C22H27ClN4O/c23-18-8-10-19(11-9-18)24-22(28)27-12-4-7-21(17-27)26-15-13-25(14-16-26)20-5-2-1-3-6-20/h1-3,5-6,8-11,21H,4,7,12-17H2,(H,24,28). The summed E-state index contributed by atoms with van der Waals surface area (Å²) in [6, 6.07) is 18.3. The summed E-state index contributed by atoms with van der Waals surface area (Å²) in [5.74, 6) is 0. The number of anilines is 2. The van der Waals surface area contributed by atoms with Gasteiger partial charge in [-0.05, 0) is 49.2 Å². The van der Waals surface area contributed by atoms with E-state index >= 15 is 0 Å². The van der Waals surface area contributed by atoms with Gasteiger partial charge in [-0.25, -0.2) is 4.79 Å². The molecule has 2 aliphatic rings. The fourth-order valence-corrected chi connectivity index (χ4v) is 4.28. The molecule has 2 saturated heterocycles. The van der Waals surface area contributed by atoms with E-state index in [1.54, 1.807) is 12.1 Å². The molecule has 0 saturated carbocycles. The summed E-state index contributed by atoms with van der Waals surface area (Å²) in [7, 11) is 0. The fraction of sp³-hybridized carbons (Fsp3) is 0.409. The van der Waals surface area contributed by atoms with Gasteiger partial charge in [-0.15, -0.1) is 0 Å². The number of para-hydroxylation sites is 1. The van der Waals surface area contributed by atoms with Crippen LogP contribution in [0.2, 0.25) is 5.02 Å². The molecule has 1 atom stereocenters. The second-order valence-corrected chi connectivity index (χ2v) is 7.97. The fourth-order valence-electron chi connectivity index (χ4n) is 4.16. The van der Waals surface area contributed by atoms with Crippen LogP contribution in [0.25, 0.3) is 0 Å². The molecule has 2 aromatic rings. The molecular formula is C22H27ClN4O. The molecule has 0 bridgehead atoms. The van der Waals surface area contributed by atoms with Crippen molar-refractivity contribution in [2.24, 2.45) is 0 Å². The highest BCUT2D eigenvalue weighted by atomic mass is 35.5. The lowest BCUT2D eigenvalue weighted by Crippen LogP contribution is -2.56. The lowest BCUT2D eigenvalue weighted by molar-refractivity contribution is 0.108. The van der Waals surface area contributed by atoms with Gasteiger partial charge in [0.1, 0.15) is 0 Å². The summed E-state index contributed by atoms with van der Waals surface area (Å²) in [6.45, 7) is 5.79. The molecule has 1 unspecified atom stereocenters. The first-order chi connectivity index (χ1) is 13.7. The van der Waals surface area contributed by atoms with E-state index in [1.165, 1.54) is 5.69 Å². The zero-order chi connectivity index (χ0) is 19.3. The van der Waals surface area contributed by atoms with Crippen LogP contribution >= 0.6 is 11.6 Å². The predicted octanol–water partition coefficient (Wildman–Crippen LogP) is 4.16. The third-order valence-corrected chi connectivity index (χ3v) is 5.98. The van der Waals surface area contributed by atoms with Crippen LogP contribution in [0.5, 0.6) is 0 Å². The summed E-state index contributed by atoms with van der Waals surface area (Å²) in [5, 5.41) is 3.66. The van der Waals surface area contributed by atoms with E-state index < -0.39 is 0 Å². The molecule has 148 valence electrons. The predicted molar refractivity (Wildman–Crippen MR) is 115 cm³/mol. The Hall–Kier alpha value is -2.24. The van der Waals surface area contributed by atoms with Gasteiger partial charge >= 0.3 is 6.03 Å². The van der Waals surface area contributed by atoms with Gasteiger partial charge in [0.15, 0.2) is 0 Å². The van der Waals surface area contributed by atoms with Crippen molar-refractivity contribution in [2.45, 2.75) is 18.9 Å². The average Bonchev–Trinajstić information content (AvgIpc) is 2.76. The van der Waals surface area contributed by atoms with Crippen LogP contribution in [0.3, 0.4) is 0 Å². The van der Waals surface area contributed by atoms with Crippen LogP contribution in [0, 0.1) is 0 Å². The number of piperidine rings is 1. The number of nitrogens with one attached hydrogen (secondary N) is 1. The molecule has 2 aromatic carbocycles. The molecule has 2 amide bonds. The topological polar surface area (TPSA) is 38.8 Å². The molecule has 28 heavy (non-hydrogen) atoms. The Morgan fingerprint density at radius 1 is 0.929 bits per heavy atom. The number of urea groups is 1. The van der Waals surface area contributed by atoms with Gasteiger partial charge in [0.25, 0.3) is 0 Å². The number of hydrogen-bond acceptors (Lipinski definition) is 3. The van der Waals surface area contributed by atoms with Crippen LogP contribution in [0.4, 0.5) is 16.2 Å². The van der Waals surface area contributed by atoms with Crippen molar-refractivity contribution in [3.05, 3.63) is 59.6 Å². The number of benzene rings is 2. The van der Waals surface area contributed by atoms with Crippen molar-refractivity contribution >= 4 is 29.0 Å². The maximum absolute atomic E-state index is 12.7. The summed E-state index contributed by atoms with van der Waals surface area (Å²) in [6.07, 6.45) is 2.22. The van der Waals surface area contributed by atoms with Crippen molar-refractivity contribution in [1.82, 2.24) is 9.80 Å². The number of nitrogens with zero attached hydrogens (tertiary/aromatic N) is 3. The normalized spacial score (nSPS) is 20.8. The van der Waals surface area contributed by atoms with E-state index in [0.29, 0.717) is 11.1 Å². The minimum Gasteiger partial charge on any atom is -0.369 e. The van der Waals surface area contributed by atoms with Crippen molar-refractivity contribution in [3.63, 3.8) is 0 Å². The molecule has 2 aliphatic heterocycles. The largest absolute Gasteiger partial charge is 0.369 e. The summed E-state index contributed by atoms with van der Waals surface area (Å²) in [5.41, 5.74) is 2.09. The lowest BCUT2D eigenvalue weighted by Gasteiger charge is -2.43. The Kier molecular flexibility index (Phi) is 6.03. The molecule has 1 N–H and O–H groups in total. The van der Waals surface area contributed by atoms with Gasteiger partial charge < -0.3 is 15.1 Å². The highest BCUT2D eigenvalue weighted by Gasteiger charge is 2.30. The zero-order valence-electron chi connectivity index (χ0n) is 16.1. The van der Waals surface area contributed by atoms with Crippen LogP contribution in [-0.4, -0.2) is 61.1 Å². The van der Waals surface area contributed by atoms with Crippen molar-refractivity contribution in [1.29, 1.82) is 0 Å². The van der Waals surface area contributed by atoms with Gasteiger partial charge in [-0.2, -0.15) is 0 Å². The molecule has 5 nitrogen and oxygen atoms in total. The van der Waals surface area contributed by atoms with E-state index in [0.717, 1.165) is 57.8 Å². The van der Waals surface area contributed by atoms with Crippen molar-refractivity contribution in [2.75, 3.05) is 49.5 Å². The van der Waals surface area contributed by atoms with Gasteiger partial charge in [-0.3, -0.25) is 4.90 Å². The number of halogens is 1. The van der Waals surface area contributed by atoms with Gasteiger partial charge in [-0.1, -0.05) is 29.8 Å². The number of carbonyl (C=O) groups excluding carboxylic acids is 1. The minimum atomic E-state index is -0.0186. The Labute approximate surface area is 171 Å². The number of likely N-dealkylation sites (tertiary alicyclic amines) is 1. The molecule has 6 heteroatoms. The average molecular weight is 399 g/mol. The lowest BCUT2D eigenvalue weighted by atomic mass is 10.0. The monoisotopic (exact) mass is 398 g/mol. The molecule has 2 fully saturated rings. The number of rotatable bonds is 3. The first-order valence-electron chi connectivity index (χ1n) is 10.0. The SMILES string of the molecule is O=C(Nc1ccc(Cl)cc1)N1CCCC(N2CCN(c3ccccc3)CC2)C1. The van der Waals surface area contributed by atoms with Gasteiger partial charge in [0.2, 0.25) is 0 Å². The summed E-state index contributed by atoms with van der Waals surface area (Å²) < 4.78 is 0. The number of hydrogen-bond donors (Lipinski definition) is 1. The van der Waals surface area contributed by atoms with Crippen LogP contribution < -0.4 is 10.2 Å². The van der Waals surface area contributed by atoms with Crippen molar-refractivity contribution in [3.8, 4) is 0 Å². The molecule has 4 rings (SSSR count). The number of carbonyl (C=O) groups is 1. The zero-order valence-corrected chi connectivity index (χ0v) is 16.8. The van der Waals surface area contributed by atoms with Crippen molar-refractivity contribution < 1.29 is 4.79 Å². The Balaban J connectivity index is 1.30. The summed E-state index contributed by atoms with van der Waals surface area (Å²) in [4.78, 5) is 19.6. The van der Waals surface area contributed by atoms with E-state index in [1.807, 2.05) is 17.0 Å². The van der Waals surface area contributed by atoms with E-state index in [-0.39, 0.29) is 6.03 Å². The smallest absolute Gasteiger partial charge is 0.321 e. The summed E-state index contributed by atoms with van der Waals surface area (Å²) >= 11 is 5.92. The Morgan fingerprint density at radius 2 is 1.64 bits per heavy atom. The van der Waals surface area contributed by atoms with Crippen LogP contribution in [-0.2, 0) is 0 Å². The molecule has 0 aromatic heterocycles. The Bertz CT molecular complexity index is 775.